The van der Waals surface area contributed by atoms with Crippen molar-refractivity contribution in [2.45, 2.75) is 45.3 Å². The Morgan fingerprint density at radius 2 is 2.26 bits per heavy atom. The zero-order valence-electron chi connectivity index (χ0n) is 11.9. The molecule has 7 nitrogen and oxygen atoms in total. The van der Waals surface area contributed by atoms with Crippen molar-refractivity contribution < 1.29 is 4.79 Å². The molecule has 1 atom stereocenters. The summed E-state index contributed by atoms with van der Waals surface area (Å²) in [5.74, 6) is 1.02. The van der Waals surface area contributed by atoms with Crippen molar-refractivity contribution in [1.82, 2.24) is 30.0 Å². The molecule has 0 spiro atoms. The van der Waals surface area contributed by atoms with Gasteiger partial charge in [-0.2, -0.15) is 0 Å². The van der Waals surface area contributed by atoms with Gasteiger partial charge < -0.3 is 4.90 Å². The highest BCUT2D eigenvalue weighted by molar-refractivity contribution is 5.81. The van der Waals surface area contributed by atoms with E-state index >= 15 is 0 Å². The van der Waals surface area contributed by atoms with E-state index < -0.39 is 0 Å². The second-order valence-electron chi connectivity index (χ2n) is 5.18. The van der Waals surface area contributed by atoms with Crippen molar-refractivity contribution >= 4 is 5.91 Å². The number of nitrogens with zero attached hydrogens (tertiary/aromatic N) is 6. The van der Waals surface area contributed by atoms with E-state index in [1.807, 2.05) is 4.68 Å². The molecule has 1 saturated heterocycles. The number of amides is 1. The van der Waals surface area contributed by atoms with Gasteiger partial charge in [0.05, 0.1) is 12.6 Å². The van der Waals surface area contributed by atoms with E-state index in [9.17, 15) is 4.79 Å². The quantitative estimate of drug-likeness (QED) is 0.758. The number of carbonyl (C=O) groups excluding carboxylic acids is 1. The number of carbonyl (C=O) groups is 1. The van der Waals surface area contributed by atoms with E-state index in [4.69, 9.17) is 0 Å². The number of hydrogen-bond acceptors (Lipinski definition) is 5. The highest BCUT2D eigenvalue weighted by atomic mass is 16.2. The summed E-state index contributed by atoms with van der Waals surface area (Å²) < 4.78 is 1.83. The number of aryl methyl sites for hydroxylation is 1. The van der Waals surface area contributed by atoms with E-state index in [0.717, 1.165) is 38.2 Å². The summed E-state index contributed by atoms with van der Waals surface area (Å²) in [7, 11) is 3.61. The van der Waals surface area contributed by atoms with Gasteiger partial charge in [0.25, 0.3) is 0 Å². The van der Waals surface area contributed by atoms with Crippen molar-refractivity contribution in [2.24, 2.45) is 0 Å². The fraction of sp³-hybridized carbons (Fsp3) is 0.833. The van der Waals surface area contributed by atoms with Crippen LogP contribution in [0.4, 0.5) is 0 Å². The van der Waals surface area contributed by atoms with Crippen LogP contribution in [0, 0.1) is 0 Å². The Balaban J connectivity index is 2.05. The molecule has 1 aromatic heterocycles. The standard InChI is InChI=1S/C12H22N6O/c1-4-7-18-11(13-14-15-18)9-17-8-5-6-10(17)12(19)16(2)3/h10H,4-9H2,1-3H3. The van der Waals surface area contributed by atoms with Crippen LogP contribution in [0.5, 0.6) is 0 Å². The van der Waals surface area contributed by atoms with Gasteiger partial charge in [-0.05, 0) is 36.2 Å². The van der Waals surface area contributed by atoms with Crippen molar-refractivity contribution in [3.8, 4) is 0 Å². The summed E-state index contributed by atoms with van der Waals surface area (Å²) in [4.78, 5) is 16.0. The molecule has 2 rings (SSSR count). The molecule has 0 aromatic carbocycles. The Kier molecular flexibility index (Phi) is 4.47. The van der Waals surface area contributed by atoms with Gasteiger partial charge in [0, 0.05) is 20.6 Å². The lowest BCUT2D eigenvalue weighted by Crippen LogP contribution is -2.42. The molecule has 0 N–H and O–H groups in total. The normalized spacial score (nSPS) is 19.8. The highest BCUT2D eigenvalue weighted by Crippen LogP contribution is 2.20. The molecular formula is C12H22N6O. The number of tetrazole rings is 1. The van der Waals surface area contributed by atoms with E-state index in [0.29, 0.717) is 6.54 Å². The smallest absolute Gasteiger partial charge is 0.239 e. The van der Waals surface area contributed by atoms with Crippen LogP contribution in [-0.4, -0.2) is 62.6 Å². The Morgan fingerprint density at radius 3 is 2.95 bits per heavy atom. The molecule has 0 bridgehead atoms. The molecule has 2 heterocycles. The molecule has 106 valence electrons. The molecule has 1 aliphatic rings. The van der Waals surface area contributed by atoms with Crippen molar-refractivity contribution in [3.05, 3.63) is 5.82 Å². The Labute approximate surface area is 113 Å². The van der Waals surface area contributed by atoms with E-state index in [2.05, 4.69) is 27.3 Å². The second kappa shape index (κ2) is 6.10. The van der Waals surface area contributed by atoms with Crippen LogP contribution in [0.2, 0.25) is 0 Å². The lowest BCUT2D eigenvalue weighted by atomic mass is 10.2. The van der Waals surface area contributed by atoms with E-state index in [-0.39, 0.29) is 11.9 Å². The molecular weight excluding hydrogens is 244 g/mol. The van der Waals surface area contributed by atoms with Gasteiger partial charge in [0.15, 0.2) is 5.82 Å². The van der Waals surface area contributed by atoms with Crippen LogP contribution >= 0.6 is 0 Å². The van der Waals surface area contributed by atoms with Gasteiger partial charge in [-0.3, -0.25) is 9.69 Å². The summed E-state index contributed by atoms with van der Waals surface area (Å²) >= 11 is 0. The fourth-order valence-electron chi connectivity index (χ4n) is 2.50. The predicted molar refractivity (Wildman–Crippen MR) is 70.2 cm³/mol. The summed E-state index contributed by atoms with van der Waals surface area (Å²) in [5.41, 5.74) is 0. The molecule has 0 aliphatic carbocycles. The predicted octanol–water partition coefficient (Wildman–Crippen LogP) is 0.136. The van der Waals surface area contributed by atoms with Gasteiger partial charge in [0.1, 0.15) is 0 Å². The maximum atomic E-state index is 12.1. The number of rotatable bonds is 5. The maximum absolute atomic E-state index is 12.1. The summed E-state index contributed by atoms with van der Waals surface area (Å²) in [5, 5.41) is 11.8. The van der Waals surface area contributed by atoms with E-state index in [1.165, 1.54) is 0 Å². The van der Waals surface area contributed by atoms with Crippen LogP contribution in [0.25, 0.3) is 0 Å². The van der Waals surface area contributed by atoms with Gasteiger partial charge in [-0.25, -0.2) is 4.68 Å². The second-order valence-corrected chi connectivity index (χ2v) is 5.18. The van der Waals surface area contributed by atoms with Crippen LogP contribution in [-0.2, 0) is 17.9 Å². The number of aromatic nitrogens is 4. The van der Waals surface area contributed by atoms with Gasteiger partial charge in [0.2, 0.25) is 5.91 Å². The lowest BCUT2D eigenvalue weighted by molar-refractivity contribution is -0.133. The first-order valence-corrected chi connectivity index (χ1v) is 6.83. The SMILES string of the molecule is CCCn1nnnc1CN1CCCC1C(=O)N(C)C. The summed E-state index contributed by atoms with van der Waals surface area (Å²) in [6.07, 6.45) is 2.98. The topological polar surface area (TPSA) is 67.2 Å². The van der Waals surface area contributed by atoms with Crippen molar-refractivity contribution in [3.63, 3.8) is 0 Å². The maximum Gasteiger partial charge on any atom is 0.239 e. The molecule has 1 amide bonds. The van der Waals surface area contributed by atoms with Crippen LogP contribution in [0.15, 0.2) is 0 Å². The molecule has 1 fully saturated rings. The highest BCUT2D eigenvalue weighted by Gasteiger charge is 2.32. The van der Waals surface area contributed by atoms with Crippen molar-refractivity contribution in [2.75, 3.05) is 20.6 Å². The Bertz CT molecular complexity index is 430. The monoisotopic (exact) mass is 266 g/mol. The third-order valence-electron chi connectivity index (χ3n) is 3.48. The minimum atomic E-state index is -0.0261. The van der Waals surface area contributed by atoms with Crippen molar-refractivity contribution in [1.29, 1.82) is 0 Å². The number of hydrogen-bond donors (Lipinski definition) is 0. The van der Waals surface area contributed by atoms with E-state index in [1.54, 1.807) is 19.0 Å². The largest absolute Gasteiger partial charge is 0.347 e. The molecule has 19 heavy (non-hydrogen) atoms. The van der Waals surface area contributed by atoms with Gasteiger partial charge in [-0.1, -0.05) is 6.92 Å². The number of likely N-dealkylation sites (N-methyl/N-ethyl adjacent to an activating group) is 1. The number of likely N-dealkylation sites (tertiary alicyclic amines) is 1. The zero-order valence-corrected chi connectivity index (χ0v) is 11.9. The minimum Gasteiger partial charge on any atom is -0.347 e. The summed E-state index contributed by atoms with van der Waals surface area (Å²) in [6.45, 7) is 4.50. The first-order chi connectivity index (χ1) is 9.13. The lowest BCUT2D eigenvalue weighted by Gasteiger charge is -2.25. The Hall–Kier alpha value is -1.50. The molecule has 7 heteroatoms. The minimum absolute atomic E-state index is 0.0261. The first kappa shape index (κ1) is 13.9. The van der Waals surface area contributed by atoms with Gasteiger partial charge in [-0.15, -0.1) is 5.10 Å². The van der Waals surface area contributed by atoms with Crippen LogP contribution < -0.4 is 0 Å². The molecule has 1 aliphatic heterocycles. The zero-order chi connectivity index (χ0) is 13.8. The first-order valence-electron chi connectivity index (χ1n) is 6.83. The van der Waals surface area contributed by atoms with Crippen LogP contribution in [0.3, 0.4) is 0 Å². The average Bonchev–Trinajstić information content (AvgIpc) is 2.99. The third-order valence-corrected chi connectivity index (χ3v) is 3.48. The van der Waals surface area contributed by atoms with Crippen LogP contribution in [0.1, 0.15) is 32.0 Å². The fourth-order valence-corrected chi connectivity index (χ4v) is 2.50. The molecule has 0 radical (unpaired) electrons. The summed E-state index contributed by atoms with van der Waals surface area (Å²) in [6, 6.07) is -0.0261. The van der Waals surface area contributed by atoms with Gasteiger partial charge >= 0.3 is 0 Å². The average molecular weight is 266 g/mol. The molecule has 0 saturated carbocycles. The Morgan fingerprint density at radius 1 is 1.47 bits per heavy atom. The molecule has 1 aromatic rings. The third kappa shape index (κ3) is 3.09. The molecule has 1 unspecified atom stereocenters.